The summed E-state index contributed by atoms with van der Waals surface area (Å²) in [6, 6.07) is 12.5. The number of thiazole rings is 1. The molecule has 1 amide bonds. The first-order chi connectivity index (χ1) is 14.6. The van der Waals surface area contributed by atoms with E-state index in [9.17, 15) is 4.79 Å². The van der Waals surface area contributed by atoms with E-state index in [0.717, 1.165) is 29.9 Å². The third-order valence-corrected chi connectivity index (χ3v) is 6.18. The lowest BCUT2D eigenvalue weighted by atomic mass is 10.1. The third-order valence-electron chi connectivity index (χ3n) is 5.14. The van der Waals surface area contributed by atoms with Crippen molar-refractivity contribution in [2.24, 2.45) is 0 Å². The van der Waals surface area contributed by atoms with Crippen molar-refractivity contribution in [1.29, 1.82) is 5.26 Å². The number of carbonyl (C=O) groups excluding carboxylic acids is 1. The molecule has 7 nitrogen and oxygen atoms in total. The Labute approximate surface area is 179 Å². The fourth-order valence-corrected chi connectivity index (χ4v) is 4.33. The van der Waals surface area contributed by atoms with Gasteiger partial charge in [0, 0.05) is 30.8 Å². The van der Waals surface area contributed by atoms with Crippen LogP contribution in [0.1, 0.15) is 29.8 Å². The van der Waals surface area contributed by atoms with Crippen LogP contribution in [0.15, 0.2) is 36.4 Å². The average Bonchev–Trinajstić information content (AvgIpc) is 3.40. The Bertz CT molecular complexity index is 1060. The highest BCUT2D eigenvalue weighted by Gasteiger charge is 2.23. The summed E-state index contributed by atoms with van der Waals surface area (Å²) >= 11 is 1.46. The quantitative estimate of drug-likeness (QED) is 0.575. The lowest BCUT2D eigenvalue weighted by Crippen LogP contribution is -2.38. The Morgan fingerprint density at radius 1 is 1.13 bits per heavy atom. The maximum absolute atomic E-state index is 13.4. The summed E-state index contributed by atoms with van der Waals surface area (Å²) in [5.74, 6) is 1.24. The van der Waals surface area contributed by atoms with E-state index >= 15 is 0 Å². The second-order valence-electron chi connectivity index (χ2n) is 6.84. The van der Waals surface area contributed by atoms with Crippen LogP contribution in [-0.4, -0.2) is 48.8 Å². The summed E-state index contributed by atoms with van der Waals surface area (Å²) in [5.41, 5.74) is 1.83. The fourth-order valence-electron chi connectivity index (χ4n) is 3.33. The summed E-state index contributed by atoms with van der Waals surface area (Å²) in [5, 5.41) is 9.66. The number of amides is 1. The van der Waals surface area contributed by atoms with Crippen LogP contribution in [0.2, 0.25) is 0 Å². The Balaban J connectivity index is 1.68. The van der Waals surface area contributed by atoms with Gasteiger partial charge in [0.15, 0.2) is 16.6 Å². The molecule has 0 N–H and O–H groups in total. The van der Waals surface area contributed by atoms with Crippen molar-refractivity contribution >= 4 is 32.6 Å². The molecule has 0 unspecified atom stereocenters. The highest BCUT2D eigenvalue weighted by Crippen LogP contribution is 2.40. The molecule has 2 aromatic carbocycles. The fraction of sp³-hybridized carbons (Fsp3) is 0.318. The molecule has 0 saturated heterocycles. The Morgan fingerprint density at radius 3 is 2.50 bits per heavy atom. The molecule has 4 rings (SSSR count). The van der Waals surface area contributed by atoms with Crippen LogP contribution in [0.25, 0.3) is 10.2 Å². The van der Waals surface area contributed by atoms with Gasteiger partial charge >= 0.3 is 0 Å². The zero-order valence-electron chi connectivity index (χ0n) is 16.9. The molecule has 8 heteroatoms. The molecule has 0 atom stereocenters. The molecule has 1 aliphatic heterocycles. The van der Waals surface area contributed by atoms with Gasteiger partial charge in [0.05, 0.1) is 21.8 Å². The van der Waals surface area contributed by atoms with Crippen molar-refractivity contribution < 1.29 is 14.3 Å². The van der Waals surface area contributed by atoms with Crippen molar-refractivity contribution in [3.05, 3.63) is 47.5 Å². The van der Waals surface area contributed by atoms with E-state index in [1.165, 1.54) is 11.3 Å². The molecule has 0 saturated carbocycles. The predicted octanol–water partition coefficient (Wildman–Crippen LogP) is 3.89. The number of hydrogen-bond acceptors (Lipinski definition) is 7. The molecular weight excluding hydrogens is 400 g/mol. The van der Waals surface area contributed by atoms with Gasteiger partial charge in [0.2, 0.25) is 6.79 Å². The summed E-state index contributed by atoms with van der Waals surface area (Å²) < 4.78 is 11.9. The Kier molecular flexibility index (Phi) is 5.84. The van der Waals surface area contributed by atoms with Crippen LogP contribution in [0, 0.1) is 11.3 Å². The topological polar surface area (TPSA) is 78.7 Å². The number of benzene rings is 2. The number of fused-ring (bicyclic) bond motifs is 2. The van der Waals surface area contributed by atoms with Crippen molar-refractivity contribution in [2.75, 3.05) is 37.9 Å². The first kappa shape index (κ1) is 20.1. The van der Waals surface area contributed by atoms with Crippen LogP contribution in [0.4, 0.5) is 5.13 Å². The van der Waals surface area contributed by atoms with E-state index < -0.39 is 0 Å². The monoisotopic (exact) mass is 422 g/mol. The molecule has 154 valence electrons. The molecular formula is C22H22N4O3S. The number of nitriles is 1. The van der Waals surface area contributed by atoms with Crippen molar-refractivity contribution in [2.45, 2.75) is 13.8 Å². The molecule has 0 spiro atoms. The zero-order chi connectivity index (χ0) is 21.1. The summed E-state index contributed by atoms with van der Waals surface area (Å²) in [6.07, 6.45) is 0. The second kappa shape index (κ2) is 8.69. The molecule has 2 heterocycles. The van der Waals surface area contributed by atoms with E-state index in [1.807, 2.05) is 12.1 Å². The minimum atomic E-state index is -0.134. The van der Waals surface area contributed by atoms with Gasteiger partial charge in [-0.25, -0.2) is 4.98 Å². The van der Waals surface area contributed by atoms with Crippen LogP contribution >= 0.6 is 11.3 Å². The maximum Gasteiger partial charge on any atom is 0.260 e. The summed E-state index contributed by atoms with van der Waals surface area (Å²) in [6.45, 7) is 7.52. The molecule has 1 aromatic heterocycles. The first-order valence-corrected chi connectivity index (χ1v) is 10.7. The smallest absolute Gasteiger partial charge is 0.260 e. The predicted molar refractivity (Wildman–Crippen MR) is 116 cm³/mol. The van der Waals surface area contributed by atoms with Gasteiger partial charge in [-0.15, -0.1) is 0 Å². The number of nitrogens with zero attached hydrogens (tertiary/aromatic N) is 4. The van der Waals surface area contributed by atoms with Crippen molar-refractivity contribution in [1.82, 2.24) is 9.88 Å². The summed E-state index contributed by atoms with van der Waals surface area (Å²) in [7, 11) is 0. The van der Waals surface area contributed by atoms with Crippen LogP contribution < -0.4 is 14.4 Å². The number of rotatable bonds is 7. The molecule has 1 aliphatic rings. The van der Waals surface area contributed by atoms with Gasteiger partial charge in [-0.3, -0.25) is 9.69 Å². The summed E-state index contributed by atoms with van der Waals surface area (Å²) in [4.78, 5) is 22.1. The van der Waals surface area contributed by atoms with Crippen LogP contribution in [0.5, 0.6) is 11.5 Å². The number of carbonyl (C=O) groups is 1. The minimum Gasteiger partial charge on any atom is -0.454 e. The largest absolute Gasteiger partial charge is 0.454 e. The van der Waals surface area contributed by atoms with Gasteiger partial charge in [0.1, 0.15) is 0 Å². The molecule has 30 heavy (non-hydrogen) atoms. The van der Waals surface area contributed by atoms with Crippen LogP contribution in [-0.2, 0) is 0 Å². The highest BCUT2D eigenvalue weighted by molar-refractivity contribution is 7.22. The molecule has 0 aliphatic carbocycles. The number of ether oxygens (including phenoxy) is 2. The van der Waals surface area contributed by atoms with E-state index in [0.29, 0.717) is 34.3 Å². The molecule has 0 bridgehead atoms. The van der Waals surface area contributed by atoms with Crippen LogP contribution in [0.3, 0.4) is 0 Å². The molecule has 0 radical (unpaired) electrons. The van der Waals surface area contributed by atoms with E-state index in [2.05, 4.69) is 24.8 Å². The van der Waals surface area contributed by atoms with E-state index in [1.54, 1.807) is 29.2 Å². The number of aromatic nitrogens is 1. The van der Waals surface area contributed by atoms with Crippen molar-refractivity contribution in [3.63, 3.8) is 0 Å². The Morgan fingerprint density at radius 2 is 1.83 bits per heavy atom. The first-order valence-electron chi connectivity index (χ1n) is 9.87. The standard InChI is InChI=1S/C22H22N4O3S/c1-3-25(4-2)9-10-26(21(27)16-7-5-15(13-23)6-8-16)22-24-17-11-18-19(29-14-28-18)12-20(17)30-22/h5-8,11-12H,3-4,9-10,14H2,1-2H3. The lowest BCUT2D eigenvalue weighted by molar-refractivity contribution is 0.0983. The Hall–Kier alpha value is -3.15. The second-order valence-corrected chi connectivity index (χ2v) is 7.85. The van der Waals surface area contributed by atoms with Crippen molar-refractivity contribution in [3.8, 4) is 17.6 Å². The third kappa shape index (κ3) is 3.95. The van der Waals surface area contributed by atoms with Gasteiger partial charge in [-0.05, 0) is 37.4 Å². The SMILES string of the molecule is CCN(CC)CCN(C(=O)c1ccc(C#N)cc1)c1nc2cc3c(cc2s1)OCO3. The number of hydrogen-bond donors (Lipinski definition) is 0. The maximum atomic E-state index is 13.4. The van der Waals surface area contributed by atoms with Gasteiger partial charge in [0.25, 0.3) is 5.91 Å². The normalized spacial score (nSPS) is 12.3. The average molecular weight is 423 g/mol. The number of anilines is 1. The highest BCUT2D eigenvalue weighted by atomic mass is 32.1. The number of likely N-dealkylation sites (N-methyl/N-ethyl adjacent to an activating group) is 1. The van der Waals surface area contributed by atoms with Gasteiger partial charge < -0.3 is 14.4 Å². The van der Waals surface area contributed by atoms with Gasteiger partial charge in [-0.2, -0.15) is 5.26 Å². The molecule has 3 aromatic rings. The lowest BCUT2D eigenvalue weighted by Gasteiger charge is -2.24. The van der Waals surface area contributed by atoms with E-state index in [4.69, 9.17) is 19.7 Å². The minimum absolute atomic E-state index is 0.134. The van der Waals surface area contributed by atoms with Gasteiger partial charge in [-0.1, -0.05) is 25.2 Å². The molecule has 0 fully saturated rings. The zero-order valence-corrected chi connectivity index (χ0v) is 17.7. The van der Waals surface area contributed by atoms with E-state index in [-0.39, 0.29) is 12.7 Å².